The maximum Gasteiger partial charge on any atom is 0.244 e. The zero-order valence-electron chi connectivity index (χ0n) is 17.3. The van der Waals surface area contributed by atoms with Crippen molar-refractivity contribution >= 4 is 11.6 Å². The molecule has 0 bridgehead atoms. The van der Waals surface area contributed by atoms with Gasteiger partial charge < -0.3 is 15.3 Å². The quantitative estimate of drug-likeness (QED) is 0.852. The molecule has 5 heteroatoms. The number of hydrogen-bond donors (Lipinski definition) is 2. The zero-order chi connectivity index (χ0) is 19.6. The zero-order valence-corrected chi connectivity index (χ0v) is 17.3. The van der Waals surface area contributed by atoms with Crippen LogP contribution in [-0.2, 0) is 4.79 Å². The number of aliphatic hydroxyl groups is 1. The number of rotatable bonds is 4. The van der Waals surface area contributed by atoms with E-state index >= 15 is 0 Å². The number of para-hydroxylation sites is 1. The van der Waals surface area contributed by atoms with Crippen molar-refractivity contribution in [2.45, 2.75) is 70.1 Å². The van der Waals surface area contributed by atoms with Crippen LogP contribution < -0.4 is 5.32 Å². The monoisotopic (exact) mass is 373 g/mol. The second-order valence-corrected chi connectivity index (χ2v) is 8.66. The number of anilines is 1. The van der Waals surface area contributed by atoms with Gasteiger partial charge >= 0.3 is 0 Å². The van der Waals surface area contributed by atoms with Crippen LogP contribution in [0.15, 0.2) is 18.2 Å². The van der Waals surface area contributed by atoms with Gasteiger partial charge in [-0.15, -0.1) is 0 Å². The smallest absolute Gasteiger partial charge is 0.244 e. The van der Waals surface area contributed by atoms with E-state index in [1.54, 1.807) is 0 Å². The Morgan fingerprint density at radius 3 is 2.37 bits per heavy atom. The highest BCUT2D eigenvalue weighted by Crippen LogP contribution is 2.33. The minimum atomic E-state index is -0.474. The highest BCUT2D eigenvalue weighted by Gasteiger charge is 2.44. The Hall–Kier alpha value is -1.43. The van der Waals surface area contributed by atoms with Crippen LogP contribution in [0.25, 0.3) is 0 Å². The fourth-order valence-corrected chi connectivity index (χ4v) is 4.85. The second kappa shape index (κ2) is 8.29. The summed E-state index contributed by atoms with van der Waals surface area (Å²) in [7, 11) is 4.04. The van der Waals surface area contributed by atoms with Crippen molar-refractivity contribution in [3.05, 3.63) is 29.3 Å². The lowest BCUT2D eigenvalue weighted by atomic mass is 9.82. The first-order valence-corrected chi connectivity index (χ1v) is 10.3. The molecule has 1 amide bonds. The molecule has 0 aromatic heterocycles. The normalized spacial score (nSPS) is 26.1. The molecule has 2 N–H and O–H groups in total. The molecule has 2 aliphatic rings. The molecule has 5 nitrogen and oxygen atoms in total. The SMILES string of the molecule is Cc1cccc(C)c1NC(=O)C1(N(C)C)CCN(C2CCCC(O)C2)CC1. The lowest BCUT2D eigenvalue weighted by Crippen LogP contribution is -2.61. The van der Waals surface area contributed by atoms with Gasteiger partial charge in [0.1, 0.15) is 5.54 Å². The first kappa shape index (κ1) is 20.3. The fraction of sp³-hybridized carbons (Fsp3) is 0.682. The van der Waals surface area contributed by atoms with Gasteiger partial charge in [0.05, 0.1) is 6.10 Å². The third-order valence-electron chi connectivity index (χ3n) is 6.76. The van der Waals surface area contributed by atoms with E-state index in [4.69, 9.17) is 0 Å². The molecule has 0 spiro atoms. The lowest BCUT2D eigenvalue weighted by Gasteiger charge is -2.47. The van der Waals surface area contributed by atoms with E-state index in [0.29, 0.717) is 6.04 Å². The Morgan fingerprint density at radius 1 is 1.19 bits per heavy atom. The highest BCUT2D eigenvalue weighted by atomic mass is 16.3. The van der Waals surface area contributed by atoms with Crippen LogP contribution in [0, 0.1) is 13.8 Å². The van der Waals surface area contributed by atoms with Crippen molar-refractivity contribution in [3.63, 3.8) is 0 Å². The molecule has 0 radical (unpaired) electrons. The largest absolute Gasteiger partial charge is 0.393 e. The number of carbonyl (C=O) groups excluding carboxylic acids is 1. The maximum absolute atomic E-state index is 13.4. The molecular weight excluding hydrogens is 338 g/mol. The molecule has 3 rings (SSSR count). The number of aryl methyl sites for hydroxylation is 2. The number of piperidine rings is 1. The van der Waals surface area contributed by atoms with Crippen LogP contribution >= 0.6 is 0 Å². The number of benzene rings is 1. The average Bonchev–Trinajstić information content (AvgIpc) is 2.64. The number of nitrogens with zero attached hydrogens (tertiary/aromatic N) is 2. The topological polar surface area (TPSA) is 55.8 Å². The van der Waals surface area contributed by atoms with Gasteiger partial charge in [-0.05, 0) is 77.6 Å². The third kappa shape index (κ3) is 4.20. The van der Waals surface area contributed by atoms with E-state index in [2.05, 4.69) is 15.1 Å². The summed E-state index contributed by atoms with van der Waals surface area (Å²) in [6.07, 6.45) is 5.58. The molecule has 1 aliphatic carbocycles. The summed E-state index contributed by atoms with van der Waals surface area (Å²) in [5.74, 6) is 0.105. The number of nitrogens with one attached hydrogen (secondary N) is 1. The van der Waals surface area contributed by atoms with Crippen molar-refractivity contribution < 1.29 is 9.90 Å². The molecule has 1 saturated carbocycles. The Balaban J connectivity index is 1.71. The minimum absolute atomic E-state index is 0.105. The fourth-order valence-electron chi connectivity index (χ4n) is 4.85. The summed E-state index contributed by atoms with van der Waals surface area (Å²) in [4.78, 5) is 18.0. The molecule has 1 saturated heterocycles. The van der Waals surface area contributed by atoms with Crippen LogP contribution in [0.4, 0.5) is 5.69 Å². The highest BCUT2D eigenvalue weighted by molar-refractivity contribution is 5.99. The molecule has 1 aromatic rings. The second-order valence-electron chi connectivity index (χ2n) is 8.66. The van der Waals surface area contributed by atoms with Gasteiger partial charge in [0.15, 0.2) is 0 Å². The standard InChI is InChI=1S/C22H35N3O2/c1-16-7-5-8-17(2)20(16)23-21(27)22(24(3)4)11-13-25(14-12-22)18-9-6-10-19(26)15-18/h5,7-8,18-19,26H,6,9-15H2,1-4H3,(H,23,27). The third-order valence-corrected chi connectivity index (χ3v) is 6.76. The summed E-state index contributed by atoms with van der Waals surface area (Å²) in [6.45, 7) is 5.91. The average molecular weight is 374 g/mol. The lowest BCUT2D eigenvalue weighted by molar-refractivity contribution is -0.130. The van der Waals surface area contributed by atoms with Crippen molar-refractivity contribution in [3.8, 4) is 0 Å². The van der Waals surface area contributed by atoms with Crippen molar-refractivity contribution in [2.75, 3.05) is 32.5 Å². The van der Waals surface area contributed by atoms with Gasteiger partial charge in [0.25, 0.3) is 0 Å². The summed E-state index contributed by atoms with van der Waals surface area (Å²) in [6, 6.07) is 6.58. The van der Waals surface area contributed by atoms with E-state index in [-0.39, 0.29) is 12.0 Å². The Bertz CT molecular complexity index is 645. The van der Waals surface area contributed by atoms with Gasteiger partial charge in [0.2, 0.25) is 5.91 Å². The number of likely N-dealkylation sites (N-methyl/N-ethyl adjacent to an activating group) is 1. The predicted octanol–water partition coefficient (Wildman–Crippen LogP) is 2.94. The van der Waals surface area contributed by atoms with Gasteiger partial charge in [0, 0.05) is 24.8 Å². The number of hydrogen-bond acceptors (Lipinski definition) is 4. The molecule has 1 aliphatic heterocycles. The van der Waals surface area contributed by atoms with E-state index in [0.717, 1.165) is 62.0 Å². The number of aliphatic hydroxyl groups excluding tert-OH is 1. The summed E-state index contributed by atoms with van der Waals surface area (Å²) < 4.78 is 0. The van der Waals surface area contributed by atoms with Crippen LogP contribution in [0.1, 0.15) is 49.7 Å². The summed E-state index contributed by atoms with van der Waals surface area (Å²) in [5.41, 5.74) is 2.68. The Labute approximate surface area is 163 Å². The number of likely N-dealkylation sites (tertiary alicyclic amines) is 1. The van der Waals surface area contributed by atoms with Gasteiger partial charge in [-0.3, -0.25) is 9.69 Å². The molecule has 150 valence electrons. The Kier molecular flexibility index (Phi) is 6.24. The van der Waals surface area contributed by atoms with Crippen molar-refractivity contribution in [1.29, 1.82) is 0 Å². The summed E-state index contributed by atoms with van der Waals surface area (Å²) in [5, 5.41) is 13.2. The van der Waals surface area contributed by atoms with E-state index < -0.39 is 5.54 Å². The first-order chi connectivity index (χ1) is 12.8. The van der Waals surface area contributed by atoms with Gasteiger partial charge in [-0.1, -0.05) is 18.2 Å². The van der Waals surface area contributed by atoms with E-state index in [9.17, 15) is 9.90 Å². The van der Waals surface area contributed by atoms with Crippen LogP contribution in [0.5, 0.6) is 0 Å². The van der Waals surface area contributed by atoms with Crippen LogP contribution in [0.2, 0.25) is 0 Å². The molecule has 27 heavy (non-hydrogen) atoms. The molecule has 1 aromatic carbocycles. The van der Waals surface area contributed by atoms with Crippen LogP contribution in [-0.4, -0.2) is 65.7 Å². The predicted molar refractivity (Wildman–Crippen MR) is 110 cm³/mol. The Morgan fingerprint density at radius 2 is 1.81 bits per heavy atom. The number of amides is 1. The molecule has 2 atom stereocenters. The van der Waals surface area contributed by atoms with E-state index in [1.165, 1.54) is 6.42 Å². The molecule has 2 fully saturated rings. The maximum atomic E-state index is 13.4. The van der Waals surface area contributed by atoms with Gasteiger partial charge in [-0.25, -0.2) is 0 Å². The molecular formula is C22H35N3O2. The van der Waals surface area contributed by atoms with Gasteiger partial charge in [-0.2, -0.15) is 0 Å². The minimum Gasteiger partial charge on any atom is -0.393 e. The summed E-state index contributed by atoms with van der Waals surface area (Å²) >= 11 is 0. The number of carbonyl (C=O) groups is 1. The molecule has 2 unspecified atom stereocenters. The van der Waals surface area contributed by atoms with E-state index in [1.807, 2.05) is 46.1 Å². The first-order valence-electron chi connectivity index (χ1n) is 10.3. The van der Waals surface area contributed by atoms with Crippen molar-refractivity contribution in [2.24, 2.45) is 0 Å². The van der Waals surface area contributed by atoms with Crippen LogP contribution in [0.3, 0.4) is 0 Å². The van der Waals surface area contributed by atoms with Crippen molar-refractivity contribution in [1.82, 2.24) is 9.80 Å². The molecule has 1 heterocycles.